The average Bonchev–Trinajstić information content (AvgIpc) is 2.58. The van der Waals surface area contributed by atoms with Gasteiger partial charge in [0.2, 0.25) is 5.88 Å². The van der Waals surface area contributed by atoms with Crippen LogP contribution in [0.2, 0.25) is 0 Å². The minimum Gasteiger partial charge on any atom is -0.438 e. The van der Waals surface area contributed by atoms with Crippen molar-refractivity contribution in [3.05, 3.63) is 47.9 Å². The summed E-state index contributed by atoms with van der Waals surface area (Å²) in [5, 5.41) is 10.6. The van der Waals surface area contributed by atoms with Crippen molar-refractivity contribution in [1.82, 2.24) is 15.5 Å². The molecule has 1 fully saturated rings. The maximum absolute atomic E-state index is 12.8. The molecule has 3 rings (SSSR count). The van der Waals surface area contributed by atoms with Gasteiger partial charge in [-0.15, -0.1) is 10.2 Å². The van der Waals surface area contributed by atoms with Crippen molar-refractivity contribution in [3.63, 3.8) is 0 Å². The third-order valence-electron chi connectivity index (χ3n) is 3.47. The van der Waals surface area contributed by atoms with Gasteiger partial charge in [-0.05, 0) is 43.2 Å². The number of aromatic nitrogens is 2. The summed E-state index contributed by atoms with van der Waals surface area (Å²) in [6.45, 7) is 1.31. The molecule has 0 unspecified atom stereocenters. The van der Waals surface area contributed by atoms with Crippen LogP contribution in [-0.4, -0.2) is 35.4 Å². The largest absolute Gasteiger partial charge is 0.438 e. The molecule has 120 valence electrons. The molecule has 0 saturated carbocycles. The smallest absolute Gasteiger partial charge is 0.272 e. The molecule has 1 N–H and O–H groups in total. The Bertz CT molecular complexity index is 655. The quantitative estimate of drug-likeness (QED) is 0.937. The predicted molar refractivity (Wildman–Crippen MR) is 79.8 cm³/mol. The summed E-state index contributed by atoms with van der Waals surface area (Å²) < 4.78 is 23.5. The standard InChI is InChI=1S/C16H16FN3O3/c17-11-1-3-13(4-2-11)23-15-6-5-14(19-20-15)16(21)18-12-7-9-22-10-8-12/h1-6,12H,7-10H2,(H,18,21). The van der Waals surface area contributed by atoms with E-state index in [1.54, 1.807) is 12.1 Å². The number of carbonyl (C=O) groups is 1. The van der Waals surface area contributed by atoms with Crippen LogP contribution >= 0.6 is 0 Å². The number of ether oxygens (including phenoxy) is 2. The number of carbonyl (C=O) groups excluding carboxylic acids is 1. The summed E-state index contributed by atoms with van der Waals surface area (Å²) in [4.78, 5) is 12.1. The van der Waals surface area contributed by atoms with Crippen molar-refractivity contribution in [2.75, 3.05) is 13.2 Å². The van der Waals surface area contributed by atoms with E-state index in [2.05, 4.69) is 15.5 Å². The molecule has 0 radical (unpaired) electrons. The molecule has 0 spiro atoms. The minimum atomic E-state index is -0.344. The highest BCUT2D eigenvalue weighted by Crippen LogP contribution is 2.18. The average molecular weight is 317 g/mol. The van der Waals surface area contributed by atoms with E-state index < -0.39 is 0 Å². The second kappa shape index (κ2) is 7.15. The Labute approximate surface area is 132 Å². The first-order valence-electron chi connectivity index (χ1n) is 7.36. The van der Waals surface area contributed by atoms with Crippen molar-refractivity contribution in [3.8, 4) is 11.6 Å². The van der Waals surface area contributed by atoms with Crippen LogP contribution in [0.3, 0.4) is 0 Å². The predicted octanol–water partition coefficient (Wildman–Crippen LogP) is 2.32. The lowest BCUT2D eigenvalue weighted by Crippen LogP contribution is -2.39. The highest BCUT2D eigenvalue weighted by atomic mass is 19.1. The summed E-state index contributed by atoms with van der Waals surface area (Å²) in [6.07, 6.45) is 1.59. The Kier molecular flexibility index (Phi) is 4.77. The molecule has 7 heteroatoms. The summed E-state index contributed by atoms with van der Waals surface area (Å²) in [5.74, 6) is 0.0700. The highest BCUT2D eigenvalue weighted by molar-refractivity contribution is 5.92. The van der Waals surface area contributed by atoms with E-state index >= 15 is 0 Å². The topological polar surface area (TPSA) is 73.3 Å². The van der Waals surface area contributed by atoms with Gasteiger partial charge in [-0.1, -0.05) is 0 Å². The zero-order chi connectivity index (χ0) is 16.1. The molecule has 0 bridgehead atoms. The molecule has 1 aliphatic rings. The second-order valence-electron chi connectivity index (χ2n) is 5.17. The van der Waals surface area contributed by atoms with Crippen LogP contribution in [0.4, 0.5) is 4.39 Å². The van der Waals surface area contributed by atoms with Gasteiger partial charge in [0.1, 0.15) is 11.6 Å². The Morgan fingerprint density at radius 3 is 2.52 bits per heavy atom. The third-order valence-corrected chi connectivity index (χ3v) is 3.47. The van der Waals surface area contributed by atoms with Gasteiger partial charge in [0.15, 0.2) is 5.69 Å². The number of halogens is 1. The first-order chi connectivity index (χ1) is 11.2. The maximum atomic E-state index is 12.8. The van der Waals surface area contributed by atoms with E-state index in [4.69, 9.17) is 9.47 Å². The van der Waals surface area contributed by atoms with E-state index in [9.17, 15) is 9.18 Å². The van der Waals surface area contributed by atoms with E-state index in [0.717, 1.165) is 12.8 Å². The fraction of sp³-hybridized carbons (Fsp3) is 0.312. The van der Waals surface area contributed by atoms with Gasteiger partial charge in [0.05, 0.1) is 0 Å². The Hall–Kier alpha value is -2.54. The molecule has 1 aromatic heterocycles. The van der Waals surface area contributed by atoms with Crippen molar-refractivity contribution in [2.24, 2.45) is 0 Å². The van der Waals surface area contributed by atoms with Crippen LogP contribution in [0, 0.1) is 5.82 Å². The fourth-order valence-corrected chi connectivity index (χ4v) is 2.22. The van der Waals surface area contributed by atoms with Crippen LogP contribution in [0.5, 0.6) is 11.6 Å². The monoisotopic (exact) mass is 317 g/mol. The number of amides is 1. The maximum Gasteiger partial charge on any atom is 0.272 e. The van der Waals surface area contributed by atoms with Crippen molar-refractivity contribution in [1.29, 1.82) is 0 Å². The van der Waals surface area contributed by atoms with Crippen molar-refractivity contribution < 1.29 is 18.7 Å². The van der Waals surface area contributed by atoms with Gasteiger partial charge in [-0.25, -0.2) is 4.39 Å². The van der Waals surface area contributed by atoms with E-state index in [1.165, 1.54) is 24.3 Å². The first kappa shape index (κ1) is 15.4. The molecule has 1 saturated heterocycles. The Balaban J connectivity index is 1.59. The molecule has 1 aromatic carbocycles. The molecule has 6 nitrogen and oxygen atoms in total. The zero-order valence-electron chi connectivity index (χ0n) is 12.4. The van der Waals surface area contributed by atoms with Crippen LogP contribution in [0.25, 0.3) is 0 Å². The summed E-state index contributed by atoms with van der Waals surface area (Å²) >= 11 is 0. The van der Waals surface area contributed by atoms with E-state index in [1.807, 2.05) is 0 Å². The van der Waals surface area contributed by atoms with E-state index in [-0.39, 0.29) is 29.3 Å². The number of nitrogens with one attached hydrogen (secondary N) is 1. The third kappa shape index (κ3) is 4.23. The molecule has 1 aliphatic heterocycles. The SMILES string of the molecule is O=C(NC1CCOCC1)c1ccc(Oc2ccc(F)cc2)nn1. The second-order valence-corrected chi connectivity index (χ2v) is 5.17. The molecular formula is C16H16FN3O3. The number of nitrogens with zero attached hydrogens (tertiary/aromatic N) is 2. The molecule has 2 aromatic rings. The van der Waals surface area contributed by atoms with E-state index in [0.29, 0.717) is 19.0 Å². The fourth-order valence-electron chi connectivity index (χ4n) is 2.22. The Morgan fingerprint density at radius 1 is 1.13 bits per heavy atom. The van der Waals surface area contributed by atoms with Crippen LogP contribution in [0.1, 0.15) is 23.3 Å². The minimum absolute atomic E-state index is 0.105. The lowest BCUT2D eigenvalue weighted by Gasteiger charge is -2.22. The summed E-state index contributed by atoms with van der Waals surface area (Å²) in [6, 6.07) is 8.76. The van der Waals surface area contributed by atoms with Gasteiger partial charge in [0.25, 0.3) is 5.91 Å². The number of rotatable bonds is 4. The lowest BCUT2D eigenvalue weighted by molar-refractivity contribution is 0.0693. The summed E-state index contributed by atoms with van der Waals surface area (Å²) in [5.41, 5.74) is 0.225. The molecule has 23 heavy (non-hydrogen) atoms. The molecular weight excluding hydrogens is 301 g/mol. The molecule has 0 aliphatic carbocycles. The van der Waals surface area contributed by atoms with Crippen LogP contribution in [0.15, 0.2) is 36.4 Å². The number of benzene rings is 1. The van der Waals surface area contributed by atoms with Gasteiger partial charge < -0.3 is 14.8 Å². The van der Waals surface area contributed by atoms with Gasteiger partial charge in [-0.2, -0.15) is 0 Å². The normalized spacial score (nSPS) is 15.2. The van der Waals surface area contributed by atoms with Crippen molar-refractivity contribution >= 4 is 5.91 Å². The van der Waals surface area contributed by atoms with Gasteiger partial charge in [0, 0.05) is 25.3 Å². The number of hydrogen-bond acceptors (Lipinski definition) is 5. The van der Waals surface area contributed by atoms with Crippen LogP contribution < -0.4 is 10.1 Å². The molecule has 0 atom stereocenters. The first-order valence-corrected chi connectivity index (χ1v) is 7.36. The van der Waals surface area contributed by atoms with Crippen LogP contribution in [-0.2, 0) is 4.74 Å². The van der Waals surface area contributed by atoms with Crippen molar-refractivity contribution in [2.45, 2.75) is 18.9 Å². The zero-order valence-corrected chi connectivity index (χ0v) is 12.4. The Morgan fingerprint density at radius 2 is 1.87 bits per heavy atom. The molecule has 1 amide bonds. The van der Waals surface area contributed by atoms with Gasteiger partial charge >= 0.3 is 0 Å². The number of hydrogen-bond donors (Lipinski definition) is 1. The molecule has 2 heterocycles. The lowest BCUT2D eigenvalue weighted by atomic mass is 10.1. The highest BCUT2D eigenvalue weighted by Gasteiger charge is 2.18. The van der Waals surface area contributed by atoms with Gasteiger partial charge in [-0.3, -0.25) is 4.79 Å². The summed E-state index contributed by atoms with van der Waals surface area (Å²) in [7, 11) is 0.